The SMILES string of the molecule is CCC(C)(C)C1CCC2(CC1)NC(=O)N(CC(=O)N1CCN(C(=O)C3CCC3)CC1)C2=O. The van der Waals surface area contributed by atoms with Crippen molar-refractivity contribution in [2.75, 3.05) is 32.7 Å². The predicted molar refractivity (Wildman–Crippen MR) is 120 cm³/mol. The Hall–Kier alpha value is -2.12. The summed E-state index contributed by atoms with van der Waals surface area (Å²) in [6.45, 7) is 8.50. The number of imide groups is 1. The fraction of sp³-hybridized carbons (Fsp3) is 0.833. The fourth-order valence-corrected chi connectivity index (χ4v) is 5.66. The molecule has 4 fully saturated rings. The highest BCUT2D eigenvalue weighted by Gasteiger charge is 2.54. The normalized spacial score (nSPS) is 29.3. The van der Waals surface area contributed by atoms with Crippen molar-refractivity contribution in [3.63, 3.8) is 0 Å². The van der Waals surface area contributed by atoms with Crippen LogP contribution >= 0.6 is 0 Å². The molecule has 0 aromatic heterocycles. The van der Waals surface area contributed by atoms with Crippen LogP contribution in [0.2, 0.25) is 0 Å². The van der Waals surface area contributed by atoms with Crippen LogP contribution in [0.15, 0.2) is 0 Å². The molecule has 2 heterocycles. The number of hydrogen-bond donors (Lipinski definition) is 1. The number of rotatable bonds is 5. The highest BCUT2D eigenvalue weighted by molar-refractivity contribution is 6.09. The molecule has 178 valence electrons. The van der Waals surface area contributed by atoms with E-state index in [0.717, 1.165) is 43.4 Å². The summed E-state index contributed by atoms with van der Waals surface area (Å²) in [5.74, 6) is 0.445. The first-order valence-electron chi connectivity index (χ1n) is 12.4. The molecular weight excluding hydrogens is 408 g/mol. The number of piperazine rings is 1. The van der Waals surface area contributed by atoms with Crippen LogP contribution in [-0.4, -0.2) is 76.7 Å². The van der Waals surface area contributed by atoms with Gasteiger partial charge in [-0.1, -0.05) is 33.6 Å². The van der Waals surface area contributed by atoms with Gasteiger partial charge in [-0.25, -0.2) is 4.79 Å². The average molecular weight is 447 g/mol. The van der Waals surface area contributed by atoms with E-state index < -0.39 is 11.6 Å². The zero-order chi connectivity index (χ0) is 23.1. The first kappa shape index (κ1) is 23.1. The molecule has 8 nitrogen and oxygen atoms in total. The molecule has 2 aliphatic carbocycles. The van der Waals surface area contributed by atoms with Crippen molar-refractivity contribution in [1.29, 1.82) is 0 Å². The van der Waals surface area contributed by atoms with Gasteiger partial charge in [0, 0.05) is 32.1 Å². The predicted octanol–water partition coefficient (Wildman–Crippen LogP) is 2.37. The van der Waals surface area contributed by atoms with E-state index in [1.807, 2.05) is 4.90 Å². The second-order valence-corrected chi connectivity index (χ2v) is 10.9. The van der Waals surface area contributed by atoms with Gasteiger partial charge in [0.15, 0.2) is 0 Å². The van der Waals surface area contributed by atoms with Crippen LogP contribution in [-0.2, 0) is 14.4 Å². The second-order valence-electron chi connectivity index (χ2n) is 10.9. The van der Waals surface area contributed by atoms with E-state index in [2.05, 4.69) is 26.1 Å². The fourth-order valence-electron chi connectivity index (χ4n) is 5.66. The standard InChI is InChI=1S/C24H38N4O4/c1-4-23(2,3)18-8-10-24(11-9-18)21(31)28(22(32)25-24)16-19(29)26-12-14-27(15-13-26)20(30)17-6-5-7-17/h17-18H,4-16H2,1-3H3,(H,25,32). The van der Waals surface area contributed by atoms with Crippen molar-refractivity contribution in [1.82, 2.24) is 20.0 Å². The molecule has 4 rings (SSSR count). The van der Waals surface area contributed by atoms with Crippen molar-refractivity contribution in [3.8, 4) is 0 Å². The molecule has 0 aromatic carbocycles. The molecule has 4 aliphatic rings. The Morgan fingerprint density at radius 3 is 2.12 bits per heavy atom. The molecule has 0 atom stereocenters. The van der Waals surface area contributed by atoms with Gasteiger partial charge in [-0.05, 0) is 49.9 Å². The zero-order valence-corrected chi connectivity index (χ0v) is 19.8. The monoisotopic (exact) mass is 446 g/mol. The van der Waals surface area contributed by atoms with Gasteiger partial charge in [-0.2, -0.15) is 0 Å². The molecule has 0 bridgehead atoms. The Balaban J connectivity index is 1.30. The molecule has 1 N–H and O–H groups in total. The first-order chi connectivity index (χ1) is 15.2. The van der Waals surface area contributed by atoms with Crippen molar-refractivity contribution >= 4 is 23.8 Å². The van der Waals surface area contributed by atoms with Crippen molar-refractivity contribution in [2.24, 2.45) is 17.3 Å². The number of nitrogens with zero attached hydrogens (tertiary/aromatic N) is 3. The Labute approximate surface area is 191 Å². The van der Waals surface area contributed by atoms with E-state index in [-0.39, 0.29) is 35.6 Å². The van der Waals surface area contributed by atoms with Gasteiger partial charge in [0.1, 0.15) is 12.1 Å². The number of carbonyl (C=O) groups excluding carboxylic acids is 4. The van der Waals surface area contributed by atoms with Crippen LogP contribution in [0.5, 0.6) is 0 Å². The van der Waals surface area contributed by atoms with Gasteiger partial charge < -0.3 is 15.1 Å². The molecule has 8 heteroatoms. The Kier molecular flexibility index (Phi) is 6.25. The lowest BCUT2D eigenvalue weighted by molar-refractivity contribution is -0.145. The summed E-state index contributed by atoms with van der Waals surface area (Å²) in [5, 5.41) is 2.93. The van der Waals surface area contributed by atoms with Gasteiger partial charge in [0.05, 0.1) is 0 Å². The van der Waals surface area contributed by atoms with Crippen molar-refractivity contribution < 1.29 is 19.2 Å². The van der Waals surface area contributed by atoms with Gasteiger partial charge >= 0.3 is 6.03 Å². The summed E-state index contributed by atoms with van der Waals surface area (Å²) >= 11 is 0. The third-order valence-electron chi connectivity index (χ3n) is 8.79. The van der Waals surface area contributed by atoms with Crippen LogP contribution in [0.3, 0.4) is 0 Å². The molecule has 1 spiro atoms. The molecule has 0 radical (unpaired) electrons. The molecule has 2 saturated carbocycles. The summed E-state index contributed by atoms with van der Waals surface area (Å²) in [5.41, 5.74) is -0.614. The van der Waals surface area contributed by atoms with E-state index >= 15 is 0 Å². The molecule has 0 unspecified atom stereocenters. The quantitative estimate of drug-likeness (QED) is 0.657. The minimum absolute atomic E-state index is 0.164. The number of hydrogen-bond acceptors (Lipinski definition) is 4. The van der Waals surface area contributed by atoms with Crippen LogP contribution in [0.25, 0.3) is 0 Å². The first-order valence-corrected chi connectivity index (χ1v) is 12.4. The number of carbonyl (C=O) groups is 4. The van der Waals surface area contributed by atoms with Gasteiger partial charge in [0.25, 0.3) is 5.91 Å². The lowest BCUT2D eigenvalue weighted by atomic mass is 9.65. The maximum atomic E-state index is 13.2. The Morgan fingerprint density at radius 2 is 1.59 bits per heavy atom. The third-order valence-corrected chi connectivity index (χ3v) is 8.79. The van der Waals surface area contributed by atoms with Crippen LogP contribution in [0, 0.1) is 17.3 Å². The summed E-state index contributed by atoms with van der Waals surface area (Å²) in [4.78, 5) is 55.8. The Bertz CT molecular complexity index is 775. The third kappa shape index (κ3) is 4.13. The molecule has 5 amide bonds. The lowest BCUT2D eigenvalue weighted by Gasteiger charge is -2.42. The molecular formula is C24H38N4O4. The largest absolute Gasteiger partial charge is 0.339 e. The van der Waals surface area contributed by atoms with Crippen molar-refractivity contribution in [3.05, 3.63) is 0 Å². The molecule has 2 saturated heterocycles. The lowest BCUT2D eigenvalue weighted by Crippen LogP contribution is -2.55. The van der Waals surface area contributed by atoms with Gasteiger partial charge in [0.2, 0.25) is 11.8 Å². The second kappa shape index (κ2) is 8.67. The zero-order valence-electron chi connectivity index (χ0n) is 19.8. The van der Waals surface area contributed by atoms with E-state index in [9.17, 15) is 19.2 Å². The van der Waals surface area contributed by atoms with Crippen LogP contribution in [0.4, 0.5) is 4.79 Å². The minimum atomic E-state index is -0.842. The maximum absolute atomic E-state index is 13.2. The van der Waals surface area contributed by atoms with Gasteiger partial charge in [-0.3, -0.25) is 19.3 Å². The van der Waals surface area contributed by atoms with E-state index in [1.165, 1.54) is 0 Å². The Morgan fingerprint density at radius 1 is 1.00 bits per heavy atom. The maximum Gasteiger partial charge on any atom is 0.325 e. The highest BCUT2D eigenvalue weighted by atomic mass is 16.2. The van der Waals surface area contributed by atoms with Crippen LogP contribution < -0.4 is 5.32 Å². The highest BCUT2D eigenvalue weighted by Crippen LogP contribution is 2.45. The summed E-state index contributed by atoms with van der Waals surface area (Å²) in [7, 11) is 0. The number of amides is 5. The smallest absolute Gasteiger partial charge is 0.325 e. The molecule has 32 heavy (non-hydrogen) atoms. The topological polar surface area (TPSA) is 90.0 Å². The molecule has 2 aliphatic heterocycles. The minimum Gasteiger partial charge on any atom is -0.339 e. The summed E-state index contributed by atoms with van der Waals surface area (Å²) < 4.78 is 0. The number of nitrogens with one attached hydrogen (secondary N) is 1. The summed E-state index contributed by atoms with van der Waals surface area (Å²) in [6, 6.07) is -0.449. The van der Waals surface area contributed by atoms with E-state index in [0.29, 0.717) is 44.9 Å². The van der Waals surface area contributed by atoms with Crippen molar-refractivity contribution in [2.45, 2.75) is 77.7 Å². The van der Waals surface area contributed by atoms with E-state index in [4.69, 9.17) is 0 Å². The average Bonchev–Trinajstić information content (AvgIpc) is 2.96. The number of urea groups is 1. The van der Waals surface area contributed by atoms with Gasteiger partial charge in [-0.15, -0.1) is 0 Å². The van der Waals surface area contributed by atoms with Crippen LogP contribution in [0.1, 0.15) is 72.1 Å². The molecule has 0 aromatic rings. The van der Waals surface area contributed by atoms with E-state index in [1.54, 1.807) is 4.90 Å². The summed E-state index contributed by atoms with van der Waals surface area (Å²) in [6.07, 6.45) is 7.25.